The van der Waals surface area contributed by atoms with E-state index in [-0.39, 0.29) is 17.4 Å². The van der Waals surface area contributed by atoms with Gasteiger partial charge in [-0.2, -0.15) is 0 Å². The van der Waals surface area contributed by atoms with Crippen LogP contribution in [0.3, 0.4) is 0 Å². The van der Waals surface area contributed by atoms with E-state index in [1.807, 2.05) is 20.8 Å². The van der Waals surface area contributed by atoms with Crippen LogP contribution in [0.4, 0.5) is 15.8 Å². The Morgan fingerprint density at radius 3 is 2.52 bits per heavy atom. The number of amides is 2. The molecule has 2 amide bonds. The third-order valence-electron chi connectivity index (χ3n) is 5.99. The lowest BCUT2D eigenvalue weighted by Gasteiger charge is -2.34. The van der Waals surface area contributed by atoms with E-state index in [2.05, 4.69) is 5.32 Å². The van der Waals surface area contributed by atoms with Crippen molar-refractivity contribution in [2.45, 2.75) is 44.6 Å². The maximum Gasteiger partial charge on any atom is 0.251 e. The zero-order valence-corrected chi connectivity index (χ0v) is 16.9. The molecule has 0 radical (unpaired) electrons. The first-order valence-electron chi connectivity index (χ1n) is 9.86. The summed E-state index contributed by atoms with van der Waals surface area (Å²) in [7, 11) is 0. The summed E-state index contributed by atoms with van der Waals surface area (Å²) in [5, 5.41) is 3.12. The molecule has 2 aliphatic heterocycles. The number of nitrogens with zero attached hydrogens (tertiary/aromatic N) is 1. The quantitative estimate of drug-likeness (QED) is 0.851. The van der Waals surface area contributed by atoms with E-state index in [1.165, 1.54) is 17.0 Å². The van der Waals surface area contributed by atoms with Crippen LogP contribution in [-0.4, -0.2) is 30.6 Å². The van der Waals surface area contributed by atoms with E-state index in [9.17, 15) is 14.0 Å². The Balaban J connectivity index is 1.68. The first-order valence-corrected chi connectivity index (χ1v) is 9.86. The average Bonchev–Trinajstić information content (AvgIpc) is 2.88. The second-order valence-electron chi connectivity index (χ2n) is 8.60. The lowest BCUT2D eigenvalue weighted by Crippen LogP contribution is -2.49. The SMILES string of the molecule is CC1(NC(=O)c2ccc3c(c2)C(C)(C)C(=O)N3c2cccc(F)c2)CCOCC1. The van der Waals surface area contributed by atoms with E-state index in [0.29, 0.717) is 30.2 Å². The number of benzene rings is 2. The van der Waals surface area contributed by atoms with Gasteiger partial charge in [0.15, 0.2) is 0 Å². The van der Waals surface area contributed by atoms with Crippen LogP contribution in [0.1, 0.15) is 49.5 Å². The summed E-state index contributed by atoms with van der Waals surface area (Å²) in [5.41, 5.74) is 1.32. The summed E-state index contributed by atoms with van der Waals surface area (Å²) in [6.07, 6.45) is 1.53. The molecule has 1 saturated heterocycles. The summed E-state index contributed by atoms with van der Waals surface area (Å²) in [5.74, 6) is -0.709. The summed E-state index contributed by atoms with van der Waals surface area (Å²) >= 11 is 0. The minimum atomic E-state index is -0.819. The van der Waals surface area contributed by atoms with Crippen molar-refractivity contribution in [3.05, 3.63) is 59.4 Å². The molecule has 2 aromatic carbocycles. The van der Waals surface area contributed by atoms with Crippen molar-refractivity contribution in [1.29, 1.82) is 0 Å². The van der Waals surface area contributed by atoms with Crippen LogP contribution < -0.4 is 10.2 Å². The fourth-order valence-electron chi connectivity index (χ4n) is 4.04. The third kappa shape index (κ3) is 3.42. The highest BCUT2D eigenvalue weighted by Gasteiger charge is 2.45. The average molecular weight is 396 g/mol. The van der Waals surface area contributed by atoms with Crippen LogP contribution in [0.25, 0.3) is 0 Å². The van der Waals surface area contributed by atoms with Crippen LogP contribution in [0, 0.1) is 5.82 Å². The molecule has 0 saturated carbocycles. The summed E-state index contributed by atoms with van der Waals surface area (Å²) in [6, 6.07) is 11.3. The molecule has 152 valence electrons. The lowest BCUT2D eigenvalue weighted by atomic mass is 9.85. The van der Waals surface area contributed by atoms with E-state index in [0.717, 1.165) is 18.4 Å². The number of ether oxygens (including phenoxy) is 1. The van der Waals surface area contributed by atoms with E-state index >= 15 is 0 Å². The van der Waals surface area contributed by atoms with Gasteiger partial charge in [0.1, 0.15) is 5.82 Å². The first kappa shape index (κ1) is 19.6. The van der Waals surface area contributed by atoms with Crippen LogP contribution in [0.15, 0.2) is 42.5 Å². The van der Waals surface area contributed by atoms with Gasteiger partial charge < -0.3 is 10.1 Å². The van der Waals surface area contributed by atoms with E-state index in [4.69, 9.17) is 4.74 Å². The van der Waals surface area contributed by atoms with Gasteiger partial charge in [-0.1, -0.05) is 6.07 Å². The molecule has 1 fully saturated rings. The van der Waals surface area contributed by atoms with E-state index in [1.54, 1.807) is 30.3 Å². The number of rotatable bonds is 3. The highest BCUT2D eigenvalue weighted by atomic mass is 19.1. The molecule has 2 heterocycles. The number of hydrogen-bond acceptors (Lipinski definition) is 3. The monoisotopic (exact) mass is 396 g/mol. The number of fused-ring (bicyclic) bond motifs is 1. The van der Waals surface area contributed by atoms with Gasteiger partial charge in [0.2, 0.25) is 5.91 Å². The van der Waals surface area contributed by atoms with Crippen LogP contribution in [0.2, 0.25) is 0 Å². The van der Waals surface area contributed by atoms with Gasteiger partial charge in [-0.25, -0.2) is 4.39 Å². The Morgan fingerprint density at radius 1 is 1.10 bits per heavy atom. The zero-order valence-electron chi connectivity index (χ0n) is 16.9. The highest BCUT2D eigenvalue weighted by molar-refractivity contribution is 6.13. The van der Waals surface area contributed by atoms with Crippen molar-refractivity contribution in [2.75, 3.05) is 18.1 Å². The highest BCUT2D eigenvalue weighted by Crippen LogP contribution is 2.45. The molecule has 0 bridgehead atoms. The molecule has 5 nitrogen and oxygen atoms in total. The van der Waals surface area contributed by atoms with E-state index < -0.39 is 11.2 Å². The Bertz CT molecular complexity index is 980. The molecule has 2 aromatic rings. The minimum Gasteiger partial charge on any atom is -0.381 e. The normalized spacial score (nSPS) is 19.7. The Hall–Kier alpha value is -2.73. The molecule has 1 N–H and O–H groups in total. The summed E-state index contributed by atoms with van der Waals surface area (Å²) in [6.45, 7) is 6.94. The first-order chi connectivity index (χ1) is 13.7. The Kier molecular flexibility index (Phi) is 4.69. The molecule has 0 spiro atoms. The predicted molar refractivity (Wildman–Crippen MR) is 109 cm³/mol. The molecule has 0 unspecified atom stereocenters. The zero-order chi connectivity index (χ0) is 20.8. The molecular formula is C23H25FN2O3. The molecule has 0 atom stereocenters. The molecule has 0 aromatic heterocycles. The molecule has 29 heavy (non-hydrogen) atoms. The van der Waals surface area contributed by atoms with Crippen molar-refractivity contribution >= 4 is 23.2 Å². The second kappa shape index (κ2) is 6.95. The molecule has 2 aliphatic rings. The summed E-state index contributed by atoms with van der Waals surface area (Å²) < 4.78 is 19.1. The number of anilines is 2. The van der Waals surface area contributed by atoms with Gasteiger partial charge in [-0.3, -0.25) is 14.5 Å². The maximum absolute atomic E-state index is 13.7. The molecule has 0 aliphatic carbocycles. The van der Waals surface area contributed by atoms with Gasteiger partial charge in [0, 0.05) is 24.3 Å². The Morgan fingerprint density at radius 2 is 1.83 bits per heavy atom. The van der Waals surface area contributed by atoms with Crippen LogP contribution in [-0.2, 0) is 14.9 Å². The standard InChI is InChI=1S/C23H25FN2O3/c1-22(2)18-13-15(20(27)25-23(3)9-11-29-12-10-23)7-8-19(18)26(21(22)28)17-6-4-5-16(24)14-17/h4-8,13-14H,9-12H2,1-3H3,(H,25,27). The largest absolute Gasteiger partial charge is 0.381 e. The number of nitrogens with one attached hydrogen (secondary N) is 1. The predicted octanol–water partition coefficient (Wildman–Crippen LogP) is 4.08. The number of carbonyl (C=O) groups is 2. The van der Waals surface area contributed by atoms with Crippen molar-refractivity contribution in [3.63, 3.8) is 0 Å². The number of halogens is 1. The number of carbonyl (C=O) groups excluding carboxylic acids is 2. The van der Waals surface area contributed by atoms with Crippen molar-refractivity contribution in [1.82, 2.24) is 5.32 Å². The molecule has 6 heteroatoms. The van der Waals surface area contributed by atoms with Gasteiger partial charge in [-0.15, -0.1) is 0 Å². The molecular weight excluding hydrogens is 371 g/mol. The van der Waals surface area contributed by atoms with Crippen molar-refractivity contribution < 1.29 is 18.7 Å². The van der Waals surface area contributed by atoms with Gasteiger partial charge >= 0.3 is 0 Å². The van der Waals surface area contributed by atoms with Crippen molar-refractivity contribution in [3.8, 4) is 0 Å². The third-order valence-corrected chi connectivity index (χ3v) is 5.99. The van der Waals surface area contributed by atoms with Crippen molar-refractivity contribution in [2.24, 2.45) is 0 Å². The molecule has 4 rings (SSSR count). The van der Waals surface area contributed by atoms with Crippen LogP contribution in [0.5, 0.6) is 0 Å². The second-order valence-corrected chi connectivity index (χ2v) is 8.60. The smallest absolute Gasteiger partial charge is 0.251 e. The summed E-state index contributed by atoms with van der Waals surface area (Å²) in [4.78, 5) is 27.6. The Labute approximate surface area is 169 Å². The maximum atomic E-state index is 13.7. The number of hydrogen-bond donors (Lipinski definition) is 1. The van der Waals surface area contributed by atoms with Gasteiger partial charge in [0.05, 0.1) is 16.8 Å². The lowest BCUT2D eigenvalue weighted by molar-refractivity contribution is -0.121. The fraction of sp³-hybridized carbons (Fsp3) is 0.391. The van der Waals surface area contributed by atoms with Gasteiger partial charge in [0.25, 0.3) is 5.91 Å². The van der Waals surface area contributed by atoms with Crippen LogP contribution >= 0.6 is 0 Å². The minimum absolute atomic E-state index is 0.146. The topological polar surface area (TPSA) is 58.6 Å². The fourth-order valence-corrected chi connectivity index (χ4v) is 4.04. The van der Waals surface area contributed by atoms with Gasteiger partial charge in [-0.05, 0) is 75.6 Å².